The largest absolute Gasteiger partial charge is 0.493 e. The van der Waals surface area contributed by atoms with E-state index in [9.17, 15) is 9.59 Å². The number of ether oxygens (including phenoxy) is 2. The molecule has 0 unspecified atom stereocenters. The van der Waals surface area contributed by atoms with Gasteiger partial charge in [0, 0.05) is 19.0 Å². The zero-order valence-electron chi connectivity index (χ0n) is 14.7. The summed E-state index contributed by atoms with van der Waals surface area (Å²) in [5.41, 5.74) is 0.532. The van der Waals surface area contributed by atoms with Crippen molar-refractivity contribution in [3.05, 3.63) is 23.8 Å². The van der Waals surface area contributed by atoms with Crippen molar-refractivity contribution in [1.29, 1.82) is 0 Å². The van der Waals surface area contributed by atoms with Gasteiger partial charge >= 0.3 is 0 Å². The monoisotopic (exact) mass is 322 g/mol. The van der Waals surface area contributed by atoms with E-state index in [4.69, 9.17) is 9.47 Å². The highest BCUT2D eigenvalue weighted by Crippen LogP contribution is 2.28. The molecule has 0 heterocycles. The second-order valence-electron chi connectivity index (χ2n) is 6.36. The van der Waals surface area contributed by atoms with E-state index in [1.54, 1.807) is 26.4 Å². The second kappa shape index (κ2) is 7.85. The summed E-state index contributed by atoms with van der Waals surface area (Å²) in [6.07, 6.45) is 0. The molecule has 6 heteroatoms. The van der Waals surface area contributed by atoms with Crippen molar-refractivity contribution in [2.24, 2.45) is 0 Å². The first-order chi connectivity index (χ1) is 10.7. The van der Waals surface area contributed by atoms with Crippen LogP contribution in [0.2, 0.25) is 0 Å². The summed E-state index contributed by atoms with van der Waals surface area (Å²) >= 11 is 0. The predicted molar refractivity (Wildman–Crippen MR) is 88.5 cm³/mol. The molecule has 23 heavy (non-hydrogen) atoms. The van der Waals surface area contributed by atoms with Gasteiger partial charge in [-0.2, -0.15) is 0 Å². The van der Waals surface area contributed by atoms with Crippen molar-refractivity contribution < 1.29 is 19.1 Å². The molecule has 1 aromatic rings. The number of nitrogens with zero attached hydrogens (tertiary/aromatic N) is 1. The second-order valence-corrected chi connectivity index (χ2v) is 6.36. The zero-order chi connectivity index (χ0) is 17.6. The predicted octanol–water partition coefficient (Wildman–Crippen LogP) is 1.97. The van der Waals surface area contributed by atoms with Crippen molar-refractivity contribution in [3.8, 4) is 11.5 Å². The van der Waals surface area contributed by atoms with E-state index in [0.29, 0.717) is 18.0 Å². The molecule has 0 atom stereocenters. The molecule has 0 radical (unpaired) electrons. The molecule has 0 aliphatic rings. The SMILES string of the molecule is COc1ccc(CN(CC(=O)NC(C)(C)C)C(C)=O)cc1OC. The Labute approximate surface area is 137 Å². The van der Waals surface area contributed by atoms with E-state index in [2.05, 4.69) is 5.32 Å². The first kappa shape index (κ1) is 18.8. The lowest BCUT2D eigenvalue weighted by molar-refractivity contribution is -0.135. The van der Waals surface area contributed by atoms with E-state index in [-0.39, 0.29) is 23.9 Å². The van der Waals surface area contributed by atoms with Gasteiger partial charge in [-0.25, -0.2) is 0 Å². The molecule has 0 saturated carbocycles. The smallest absolute Gasteiger partial charge is 0.240 e. The maximum atomic E-state index is 12.0. The van der Waals surface area contributed by atoms with E-state index >= 15 is 0 Å². The number of methoxy groups -OCH3 is 2. The summed E-state index contributed by atoms with van der Waals surface area (Å²) in [5, 5.41) is 2.85. The third-order valence-electron chi connectivity index (χ3n) is 3.12. The lowest BCUT2D eigenvalue weighted by atomic mass is 10.1. The van der Waals surface area contributed by atoms with E-state index in [0.717, 1.165) is 5.56 Å². The van der Waals surface area contributed by atoms with Crippen LogP contribution in [-0.2, 0) is 16.1 Å². The molecule has 1 N–H and O–H groups in total. The van der Waals surface area contributed by atoms with Crippen LogP contribution in [0.4, 0.5) is 0 Å². The maximum absolute atomic E-state index is 12.0. The molecule has 0 fully saturated rings. The van der Waals surface area contributed by atoms with Crippen LogP contribution in [0.3, 0.4) is 0 Å². The summed E-state index contributed by atoms with van der Waals surface area (Å²) in [7, 11) is 3.12. The van der Waals surface area contributed by atoms with Gasteiger partial charge in [0.25, 0.3) is 0 Å². The maximum Gasteiger partial charge on any atom is 0.240 e. The third-order valence-corrected chi connectivity index (χ3v) is 3.12. The van der Waals surface area contributed by atoms with Gasteiger partial charge in [0.05, 0.1) is 20.8 Å². The molecule has 0 spiro atoms. The highest BCUT2D eigenvalue weighted by atomic mass is 16.5. The minimum atomic E-state index is -0.330. The summed E-state index contributed by atoms with van der Waals surface area (Å²) < 4.78 is 10.5. The van der Waals surface area contributed by atoms with Gasteiger partial charge in [0.15, 0.2) is 11.5 Å². The zero-order valence-corrected chi connectivity index (χ0v) is 14.7. The van der Waals surface area contributed by atoms with Crippen LogP contribution < -0.4 is 14.8 Å². The Bertz CT molecular complexity index is 564. The fourth-order valence-electron chi connectivity index (χ4n) is 2.11. The summed E-state index contributed by atoms with van der Waals surface area (Å²) in [6.45, 7) is 7.49. The topological polar surface area (TPSA) is 67.9 Å². The number of benzene rings is 1. The number of carbonyl (C=O) groups is 2. The van der Waals surface area contributed by atoms with Crippen LogP contribution >= 0.6 is 0 Å². The van der Waals surface area contributed by atoms with E-state index in [1.165, 1.54) is 11.8 Å². The van der Waals surface area contributed by atoms with Gasteiger partial charge in [-0.1, -0.05) is 6.07 Å². The first-order valence-electron chi connectivity index (χ1n) is 7.43. The third kappa shape index (κ3) is 6.18. The first-order valence-corrected chi connectivity index (χ1v) is 7.43. The van der Waals surface area contributed by atoms with Gasteiger partial charge in [0.1, 0.15) is 0 Å². The Morgan fingerprint density at radius 1 is 1.13 bits per heavy atom. The van der Waals surface area contributed by atoms with Gasteiger partial charge in [-0.3, -0.25) is 9.59 Å². The van der Waals surface area contributed by atoms with Crippen LogP contribution in [0.25, 0.3) is 0 Å². The van der Waals surface area contributed by atoms with Gasteiger partial charge < -0.3 is 19.7 Å². The van der Waals surface area contributed by atoms with Gasteiger partial charge in [0.2, 0.25) is 11.8 Å². The van der Waals surface area contributed by atoms with Crippen molar-refractivity contribution in [3.63, 3.8) is 0 Å². The van der Waals surface area contributed by atoms with E-state index < -0.39 is 0 Å². The summed E-state index contributed by atoms with van der Waals surface area (Å²) in [6, 6.07) is 5.43. The van der Waals surface area contributed by atoms with Crippen LogP contribution in [0.1, 0.15) is 33.3 Å². The summed E-state index contributed by atoms with van der Waals surface area (Å²) in [5.74, 6) is 0.862. The highest BCUT2D eigenvalue weighted by Gasteiger charge is 2.19. The Balaban J connectivity index is 2.84. The molecule has 1 aromatic carbocycles. The molecule has 0 saturated heterocycles. The molecular formula is C17H26N2O4. The van der Waals surface area contributed by atoms with E-state index in [1.807, 2.05) is 26.8 Å². The Morgan fingerprint density at radius 2 is 1.74 bits per heavy atom. The molecule has 6 nitrogen and oxygen atoms in total. The molecule has 0 bridgehead atoms. The average Bonchev–Trinajstić information content (AvgIpc) is 2.44. The Morgan fingerprint density at radius 3 is 2.22 bits per heavy atom. The van der Waals surface area contributed by atoms with Crippen molar-refractivity contribution >= 4 is 11.8 Å². The minimum Gasteiger partial charge on any atom is -0.493 e. The summed E-state index contributed by atoms with van der Waals surface area (Å²) in [4.78, 5) is 25.3. The number of hydrogen-bond donors (Lipinski definition) is 1. The number of rotatable bonds is 6. The normalized spacial score (nSPS) is 10.9. The standard InChI is InChI=1S/C17H26N2O4/c1-12(20)19(11-16(21)18-17(2,3)4)10-13-7-8-14(22-5)15(9-13)23-6/h7-9H,10-11H2,1-6H3,(H,18,21). The highest BCUT2D eigenvalue weighted by molar-refractivity contribution is 5.84. The Kier molecular flexibility index (Phi) is 6.42. The number of carbonyl (C=O) groups excluding carboxylic acids is 2. The molecule has 2 amide bonds. The quantitative estimate of drug-likeness (QED) is 0.869. The lowest BCUT2D eigenvalue weighted by Gasteiger charge is -2.25. The van der Waals surface area contributed by atoms with Crippen LogP contribution in [0.5, 0.6) is 11.5 Å². The van der Waals surface area contributed by atoms with Crippen LogP contribution in [-0.4, -0.2) is 43.0 Å². The molecule has 128 valence electrons. The molecule has 0 aromatic heterocycles. The average molecular weight is 322 g/mol. The van der Waals surface area contributed by atoms with Crippen molar-refractivity contribution in [2.75, 3.05) is 20.8 Å². The lowest BCUT2D eigenvalue weighted by Crippen LogP contribution is -2.46. The van der Waals surface area contributed by atoms with Crippen molar-refractivity contribution in [2.45, 2.75) is 39.8 Å². The fourth-order valence-corrected chi connectivity index (χ4v) is 2.11. The fraction of sp³-hybridized carbons (Fsp3) is 0.529. The number of hydrogen-bond acceptors (Lipinski definition) is 4. The minimum absolute atomic E-state index is 0.0148. The molecule has 0 aliphatic heterocycles. The van der Waals surface area contributed by atoms with Crippen molar-refractivity contribution in [1.82, 2.24) is 10.2 Å². The Hall–Kier alpha value is -2.24. The number of nitrogens with one attached hydrogen (secondary N) is 1. The van der Waals surface area contributed by atoms with Crippen LogP contribution in [0.15, 0.2) is 18.2 Å². The molecule has 1 rings (SSSR count). The number of amides is 2. The van der Waals surface area contributed by atoms with Gasteiger partial charge in [-0.15, -0.1) is 0 Å². The molecular weight excluding hydrogens is 296 g/mol. The molecule has 0 aliphatic carbocycles. The van der Waals surface area contributed by atoms with Crippen LogP contribution in [0, 0.1) is 0 Å². The van der Waals surface area contributed by atoms with Gasteiger partial charge in [-0.05, 0) is 38.5 Å².